The number of hydrogen-bond donors (Lipinski definition) is 2. The van der Waals surface area contributed by atoms with E-state index in [-0.39, 0.29) is 24.0 Å². The molecule has 1 atom stereocenters. The lowest BCUT2D eigenvalue weighted by Crippen LogP contribution is -2.29. The van der Waals surface area contributed by atoms with Crippen molar-refractivity contribution in [2.24, 2.45) is 0 Å². The maximum atomic E-state index is 12.1. The molecule has 1 unspecified atom stereocenters. The van der Waals surface area contributed by atoms with E-state index in [9.17, 15) is 15.0 Å². The van der Waals surface area contributed by atoms with E-state index in [1.165, 1.54) is 24.2 Å². The number of aliphatic hydroxyl groups excluding tert-OH is 1. The molecule has 1 aromatic heterocycles. The third kappa shape index (κ3) is 4.57. The highest BCUT2D eigenvalue weighted by atomic mass is 16.5. The van der Waals surface area contributed by atoms with Gasteiger partial charge in [0.15, 0.2) is 11.5 Å². The van der Waals surface area contributed by atoms with E-state index in [2.05, 4.69) is 4.98 Å². The van der Waals surface area contributed by atoms with Crippen molar-refractivity contribution in [1.82, 2.24) is 9.88 Å². The zero-order chi connectivity index (χ0) is 17.5. The molecule has 2 N–H and O–H groups in total. The summed E-state index contributed by atoms with van der Waals surface area (Å²) in [6.07, 6.45) is 5.53. The minimum Gasteiger partial charge on any atom is -0.504 e. The van der Waals surface area contributed by atoms with E-state index < -0.39 is 6.10 Å². The van der Waals surface area contributed by atoms with Crippen molar-refractivity contribution in [3.05, 3.63) is 59.9 Å². The number of benzene rings is 1. The summed E-state index contributed by atoms with van der Waals surface area (Å²) in [4.78, 5) is 17.5. The molecular formula is C18H20N2O4. The molecule has 0 radical (unpaired) electrons. The normalized spacial score (nSPS) is 12.1. The SMILES string of the molecule is COc1cc(C(O)CN(C)C(=O)C=Cc2cccnc2)ccc1O. The van der Waals surface area contributed by atoms with Gasteiger partial charge in [-0.3, -0.25) is 9.78 Å². The van der Waals surface area contributed by atoms with E-state index in [0.717, 1.165) is 5.56 Å². The number of pyridine rings is 1. The molecule has 2 rings (SSSR count). The average molecular weight is 328 g/mol. The fraction of sp³-hybridized carbons (Fsp3) is 0.222. The molecule has 0 aliphatic carbocycles. The van der Waals surface area contributed by atoms with Gasteiger partial charge in [0, 0.05) is 25.5 Å². The largest absolute Gasteiger partial charge is 0.504 e. The van der Waals surface area contributed by atoms with Crippen molar-refractivity contribution in [2.75, 3.05) is 20.7 Å². The average Bonchev–Trinajstić information content (AvgIpc) is 2.60. The Balaban J connectivity index is 1.99. The number of carbonyl (C=O) groups excluding carboxylic acids is 1. The first kappa shape index (κ1) is 17.5. The zero-order valence-corrected chi connectivity index (χ0v) is 13.6. The highest BCUT2D eigenvalue weighted by molar-refractivity contribution is 5.91. The number of nitrogens with zero attached hydrogens (tertiary/aromatic N) is 2. The number of rotatable bonds is 6. The Morgan fingerprint density at radius 2 is 2.21 bits per heavy atom. The summed E-state index contributed by atoms with van der Waals surface area (Å²) in [6.45, 7) is 0.115. The van der Waals surface area contributed by atoms with Crippen LogP contribution in [0.5, 0.6) is 11.5 Å². The van der Waals surface area contributed by atoms with Gasteiger partial charge in [-0.15, -0.1) is 0 Å². The minimum absolute atomic E-state index is 0.00251. The highest BCUT2D eigenvalue weighted by Gasteiger charge is 2.15. The first-order valence-corrected chi connectivity index (χ1v) is 7.39. The fourth-order valence-corrected chi connectivity index (χ4v) is 2.13. The number of aromatic nitrogens is 1. The predicted octanol–water partition coefficient (Wildman–Crippen LogP) is 2.00. The number of hydrogen-bond acceptors (Lipinski definition) is 5. The highest BCUT2D eigenvalue weighted by Crippen LogP contribution is 2.29. The van der Waals surface area contributed by atoms with Gasteiger partial charge in [0.1, 0.15) is 0 Å². The lowest BCUT2D eigenvalue weighted by atomic mass is 10.1. The number of methoxy groups -OCH3 is 1. The molecule has 24 heavy (non-hydrogen) atoms. The second kappa shape index (κ2) is 8.12. The van der Waals surface area contributed by atoms with Gasteiger partial charge >= 0.3 is 0 Å². The van der Waals surface area contributed by atoms with Crippen LogP contribution in [0.2, 0.25) is 0 Å². The van der Waals surface area contributed by atoms with Crippen molar-refractivity contribution in [3.63, 3.8) is 0 Å². The number of aliphatic hydroxyl groups is 1. The van der Waals surface area contributed by atoms with Crippen LogP contribution in [0, 0.1) is 0 Å². The van der Waals surface area contributed by atoms with Gasteiger partial charge in [-0.25, -0.2) is 0 Å². The zero-order valence-electron chi connectivity index (χ0n) is 13.6. The Morgan fingerprint density at radius 1 is 1.42 bits per heavy atom. The molecule has 0 bridgehead atoms. The molecule has 0 saturated carbocycles. The molecule has 0 spiro atoms. The van der Waals surface area contributed by atoms with Crippen molar-refractivity contribution >= 4 is 12.0 Å². The second-order valence-corrected chi connectivity index (χ2v) is 5.29. The predicted molar refractivity (Wildman–Crippen MR) is 90.5 cm³/mol. The van der Waals surface area contributed by atoms with Crippen molar-refractivity contribution in [2.45, 2.75) is 6.10 Å². The summed E-state index contributed by atoms with van der Waals surface area (Å²) < 4.78 is 5.02. The lowest BCUT2D eigenvalue weighted by molar-refractivity contribution is -0.126. The smallest absolute Gasteiger partial charge is 0.246 e. The Morgan fingerprint density at radius 3 is 2.88 bits per heavy atom. The Kier molecular flexibility index (Phi) is 5.92. The van der Waals surface area contributed by atoms with E-state index in [4.69, 9.17) is 4.74 Å². The van der Waals surface area contributed by atoms with Crippen LogP contribution in [-0.4, -0.2) is 46.7 Å². The van der Waals surface area contributed by atoms with Crippen LogP contribution in [-0.2, 0) is 4.79 Å². The van der Waals surface area contributed by atoms with Crippen LogP contribution in [0.1, 0.15) is 17.2 Å². The van der Waals surface area contributed by atoms with Gasteiger partial charge in [-0.1, -0.05) is 12.1 Å². The summed E-state index contributed by atoms with van der Waals surface area (Å²) in [5.41, 5.74) is 1.38. The molecule has 6 nitrogen and oxygen atoms in total. The molecule has 0 aliphatic rings. The van der Waals surface area contributed by atoms with E-state index in [1.54, 1.807) is 43.7 Å². The monoisotopic (exact) mass is 328 g/mol. The van der Waals surface area contributed by atoms with Crippen LogP contribution in [0.4, 0.5) is 0 Å². The van der Waals surface area contributed by atoms with Gasteiger partial charge in [0.25, 0.3) is 0 Å². The van der Waals surface area contributed by atoms with Gasteiger partial charge < -0.3 is 19.8 Å². The van der Waals surface area contributed by atoms with E-state index in [1.807, 2.05) is 6.07 Å². The van der Waals surface area contributed by atoms with Crippen LogP contribution in [0.25, 0.3) is 6.08 Å². The number of amides is 1. The molecule has 1 heterocycles. The molecule has 0 aliphatic heterocycles. The van der Waals surface area contributed by atoms with Crippen LogP contribution >= 0.6 is 0 Å². The summed E-state index contributed by atoms with van der Waals surface area (Å²) in [5, 5.41) is 19.9. The summed E-state index contributed by atoms with van der Waals surface area (Å²) in [7, 11) is 3.04. The Bertz CT molecular complexity index is 716. The lowest BCUT2D eigenvalue weighted by Gasteiger charge is -2.20. The van der Waals surface area contributed by atoms with Crippen LogP contribution in [0.15, 0.2) is 48.8 Å². The van der Waals surface area contributed by atoms with Gasteiger partial charge in [-0.2, -0.15) is 0 Å². The number of likely N-dealkylation sites (N-methyl/N-ethyl adjacent to an activating group) is 1. The maximum absolute atomic E-state index is 12.1. The summed E-state index contributed by atoms with van der Waals surface area (Å²) in [5.74, 6) is 0.0398. The third-order valence-electron chi connectivity index (χ3n) is 3.51. The first-order chi connectivity index (χ1) is 11.5. The van der Waals surface area contributed by atoms with Crippen LogP contribution in [0.3, 0.4) is 0 Å². The fourth-order valence-electron chi connectivity index (χ4n) is 2.13. The second-order valence-electron chi connectivity index (χ2n) is 5.29. The number of phenols is 1. The number of aromatic hydroxyl groups is 1. The topological polar surface area (TPSA) is 82.9 Å². The molecule has 1 aromatic carbocycles. The standard InChI is InChI=1S/C18H20N2O4/c1-20(18(23)8-5-13-4-3-9-19-11-13)12-16(22)14-6-7-15(21)17(10-14)24-2/h3-11,16,21-22H,12H2,1-2H3. The third-order valence-corrected chi connectivity index (χ3v) is 3.51. The molecular weight excluding hydrogens is 308 g/mol. The number of phenolic OH excluding ortho intramolecular Hbond substituents is 1. The first-order valence-electron chi connectivity index (χ1n) is 7.39. The van der Waals surface area contributed by atoms with E-state index in [0.29, 0.717) is 5.56 Å². The Hall–Kier alpha value is -2.86. The molecule has 0 saturated heterocycles. The Labute approximate surface area is 140 Å². The van der Waals surface area contributed by atoms with Gasteiger partial charge in [0.2, 0.25) is 5.91 Å². The molecule has 2 aromatic rings. The van der Waals surface area contributed by atoms with Gasteiger partial charge in [-0.05, 0) is 35.4 Å². The minimum atomic E-state index is -0.889. The summed E-state index contributed by atoms with van der Waals surface area (Å²) >= 11 is 0. The summed E-state index contributed by atoms with van der Waals surface area (Å²) in [6, 6.07) is 8.21. The van der Waals surface area contributed by atoms with E-state index >= 15 is 0 Å². The molecule has 126 valence electrons. The number of carbonyl (C=O) groups is 1. The molecule has 0 fully saturated rings. The van der Waals surface area contributed by atoms with Crippen molar-refractivity contribution in [1.29, 1.82) is 0 Å². The van der Waals surface area contributed by atoms with Gasteiger partial charge in [0.05, 0.1) is 19.8 Å². The van der Waals surface area contributed by atoms with Crippen LogP contribution < -0.4 is 4.74 Å². The van der Waals surface area contributed by atoms with Crippen molar-refractivity contribution < 1.29 is 19.7 Å². The molecule has 1 amide bonds. The maximum Gasteiger partial charge on any atom is 0.246 e. The number of ether oxygens (including phenoxy) is 1. The quantitative estimate of drug-likeness (QED) is 0.793. The van der Waals surface area contributed by atoms with Crippen molar-refractivity contribution in [3.8, 4) is 11.5 Å². The molecule has 6 heteroatoms.